The van der Waals surface area contributed by atoms with Gasteiger partial charge in [0, 0.05) is 6.42 Å². The van der Waals surface area contributed by atoms with Crippen LogP contribution in [0.4, 0.5) is 0 Å². The molecule has 0 spiro atoms. The Kier molecular flexibility index (Phi) is 52.2. The fraction of sp³-hybridized carbons (Fsp3) is 0.794. The SMILES string of the molecule is CC/C=C\C/C=C\C/C=C\C/C=C\C/C=C\CCCCCCCCCCCC(=O)NC(COP(=O)(O)OCC[N+](C)(C)C)C(O)/C=C/CCCCCCCCCCCCCCCCCCCCCCCCC. The van der Waals surface area contributed by atoms with Gasteiger partial charge in [0.25, 0.3) is 0 Å². The number of rotatable bonds is 55. The van der Waals surface area contributed by atoms with E-state index in [2.05, 4.69) is 79.9 Å². The molecule has 9 heteroatoms. The Morgan fingerprint density at radius 2 is 0.833 bits per heavy atom. The van der Waals surface area contributed by atoms with E-state index in [1.807, 2.05) is 27.2 Å². The van der Waals surface area contributed by atoms with E-state index in [0.29, 0.717) is 17.4 Å². The normalized spacial score (nSPS) is 14.4. The fourth-order valence-corrected chi connectivity index (χ4v) is 9.45. The van der Waals surface area contributed by atoms with Crippen molar-refractivity contribution in [1.29, 1.82) is 0 Å². The molecule has 0 saturated carbocycles. The van der Waals surface area contributed by atoms with Crippen molar-refractivity contribution in [3.05, 3.63) is 72.9 Å². The van der Waals surface area contributed by atoms with Gasteiger partial charge in [-0.05, 0) is 64.2 Å². The number of hydrogen-bond donors (Lipinski definition) is 3. The summed E-state index contributed by atoms with van der Waals surface area (Å²) in [7, 11) is 1.57. The van der Waals surface area contributed by atoms with Crippen molar-refractivity contribution in [2.24, 2.45) is 0 Å². The van der Waals surface area contributed by atoms with Crippen molar-refractivity contribution < 1.29 is 32.9 Å². The van der Waals surface area contributed by atoms with Gasteiger partial charge in [0.15, 0.2) is 0 Å². The van der Waals surface area contributed by atoms with Crippen LogP contribution >= 0.6 is 7.82 Å². The van der Waals surface area contributed by atoms with Crippen LogP contribution in [0.25, 0.3) is 0 Å². The van der Waals surface area contributed by atoms with Gasteiger partial charge in [0.05, 0.1) is 39.9 Å². The van der Waals surface area contributed by atoms with Gasteiger partial charge >= 0.3 is 7.82 Å². The lowest BCUT2D eigenvalue weighted by Crippen LogP contribution is -2.45. The highest BCUT2D eigenvalue weighted by Gasteiger charge is 2.27. The topological polar surface area (TPSA) is 105 Å². The van der Waals surface area contributed by atoms with Gasteiger partial charge in [-0.2, -0.15) is 0 Å². The summed E-state index contributed by atoms with van der Waals surface area (Å²) in [5.74, 6) is -0.183. The van der Waals surface area contributed by atoms with Crippen molar-refractivity contribution >= 4 is 13.7 Å². The van der Waals surface area contributed by atoms with Crippen molar-refractivity contribution in [2.45, 2.75) is 283 Å². The average molecular weight is 1030 g/mol. The minimum absolute atomic E-state index is 0.0577. The molecule has 3 atom stereocenters. The molecule has 0 heterocycles. The van der Waals surface area contributed by atoms with Crippen molar-refractivity contribution in [3.63, 3.8) is 0 Å². The average Bonchev–Trinajstić information content (AvgIpc) is 3.34. The summed E-state index contributed by atoms with van der Waals surface area (Å²) in [6.07, 6.45) is 74.3. The second kappa shape index (κ2) is 53.8. The number of aliphatic hydroxyl groups is 1. The molecule has 0 rings (SSSR count). The summed E-state index contributed by atoms with van der Waals surface area (Å²) < 4.78 is 23.7. The van der Waals surface area contributed by atoms with E-state index in [4.69, 9.17) is 9.05 Å². The number of quaternary nitrogens is 1. The number of allylic oxidation sites excluding steroid dienone is 11. The number of phosphoric ester groups is 1. The molecule has 0 aliphatic rings. The maximum absolute atomic E-state index is 13.0. The summed E-state index contributed by atoms with van der Waals surface area (Å²) in [4.78, 5) is 23.3. The van der Waals surface area contributed by atoms with Gasteiger partial charge in [-0.3, -0.25) is 13.8 Å². The van der Waals surface area contributed by atoms with Crippen LogP contribution in [-0.2, 0) is 18.4 Å². The minimum Gasteiger partial charge on any atom is -0.387 e. The van der Waals surface area contributed by atoms with Crippen LogP contribution in [-0.4, -0.2) is 73.4 Å². The summed E-state index contributed by atoms with van der Waals surface area (Å²) in [5, 5.41) is 14.0. The molecule has 0 radical (unpaired) electrons. The van der Waals surface area contributed by atoms with Gasteiger partial charge in [-0.1, -0.05) is 273 Å². The van der Waals surface area contributed by atoms with E-state index >= 15 is 0 Å². The molecule has 0 aromatic carbocycles. The van der Waals surface area contributed by atoms with E-state index in [1.54, 1.807) is 6.08 Å². The molecule has 72 heavy (non-hydrogen) atoms. The standard InChI is InChI=1S/C63H117N2O6P/c1-6-8-10-12-14-16-18-20-22-24-26-28-30-32-34-36-38-40-42-44-46-48-50-52-54-56-62(66)61(60-71-72(68,69)70-59-58-65(3,4)5)64-63(67)57-55-53-51-49-47-45-43-41-39-37-35-33-31-29-27-25-23-21-19-17-15-13-11-9-7-2/h9,11,15,17,21,23,27,29,33,35,54,56,61-62,66H,6-8,10,12-14,16,18-20,22,24-26,28,30-32,34,36-53,55,57-60H2,1-5H3,(H-,64,67,68,69)/p+1/b11-9-,17-15-,23-21-,29-27-,35-33-,56-54+. The third-order valence-corrected chi connectivity index (χ3v) is 14.4. The quantitative estimate of drug-likeness (QED) is 0.0243. The maximum Gasteiger partial charge on any atom is 0.472 e. The van der Waals surface area contributed by atoms with Crippen LogP contribution in [0, 0.1) is 0 Å². The molecule has 0 saturated heterocycles. The van der Waals surface area contributed by atoms with Crippen LogP contribution < -0.4 is 5.32 Å². The molecular weight excluding hydrogens is 912 g/mol. The van der Waals surface area contributed by atoms with Crippen LogP contribution in [0.1, 0.15) is 271 Å². The minimum atomic E-state index is -4.36. The molecule has 1 amide bonds. The zero-order valence-electron chi connectivity index (χ0n) is 47.9. The Bertz CT molecular complexity index is 1400. The van der Waals surface area contributed by atoms with Crippen LogP contribution in [0.2, 0.25) is 0 Å². The molecule has 420 valence electrons. The smallest absolute Gasteiger partial charge is 0.387 e. The Labute approximate surface area is 446 Å². The summed E-state index contributed by atoms with van der Waals surface area (Å²) in [5.41, 5.74) is 0. The first kappa shape index (κ1) is 69.9. The number of carbonyl (C=O) groups excluding carboxylic acids is 1. The molecular formula is C63H118N2O6P+. The van der Waals surface area contributed by atoms with Gasteiger partial charge in [-0.15, -0.1) is 0 Å². The highest BCUT2D eigenvalue weighted by atomic mass is 31.2. The third-order valence-electron chi connectivity index (χ3n) is 13.4. The van der Waals surface area contributed by atoms with Crippen molar-refractivity contribution in [2.75, 3.05) is 40.9 Å². The Hall–Kier alpha value is -2.06. The Morgan fingerprint density at radius 3 is 1.22 bits per heavy atom. The number of unbranched alkanes of at least 4 members (excludes halogenated alkanes) is 32. The number of likely N-dealkylation sites (N-methyl/N-ethyl adjacent to an activating group) is 1. The molecule has 0 aliphatic carbocycles. The molecule has 3 unspecified atom stereocenters. The highest BCUT2D eigenvalue weighted by molar-refractivity contribution is 7.47. The Morgan fingerprint density at radius 1 is 0.486 bits per heavy atom. The summed E-state index contributed by atoms with van der Waals surface area (Å²) in [6.45, 7) is 4.72. The number of nitrogens with one attached hydrogen (secondary N) is 1. The first-order valence-electron chi connectivity index (χ1n) is 30.3. The summed E-state index contributed by atoms with van der Waals surface area (Å²) in [6, 6.07) is -0.855. The molecule has 3 N–H and O–H groups in total. The predicted molar refractivity (Wildman–Crippen MR) is 313 cm³/mol. The number of carbonyl (C=O) groups is 1. The van der Waals surface area contributed by atoms with E-state index in [1.165, 1.54) is 173 Å². The number of aliphatic hydroxyl groups excluding tert-OH is 1. The number of nitrogens with zero attached hydrogens (tertiary/aromatic N) is 1. The fourth-order valence-electron chi connectivity index (χ4n) is 8.72. The first-order chi connectivity index (χ1) is 35.0. The van der Waals surface area contributed by atoms with Crippen LogP contribution in [0.15, 0.2) is 72.9 Å². The number of hydrogen-bond acceptors (Lipinski definition) is 5. The van der Waals surface area contributed by atoms with E-state index < -0.39 is 20.0 Å². The maximum atomic E-state index is 13.0. The lowest BCUT2D eigenvalue weighted by Gasteiger charge is -2.25. The van der Waals surface area contributed by atoms with Gasteiger partial charge in [0.2, 0.25) is 5.91 Å². The van der Waals surface area contributed by atoms with Gasteiger partial charge in [0.1, 0.15) is 13.2 Å². The predicted octanol–water partition coefficient (Wildman–Crippen LogP) is 18.7. The monoisotopic (exact) mass is 1030 g/mol. The molecule has 0 fully saturated rings. The molecule has 0 bridgehead atoms. The van der Waals surface area contributed by atoms with Crippen molar-refractivity contribution in [3.8, 4) is 0 Å². The first-order valence-corrected chi connectivity index (χ1v) is 31.8. The molecule has 0 aromatic rings. The number of phosphoric acid groups is 1. The molecule has 0 aliphatic heterocycles. The number of amides is 1. The van der Waals surface area contributed by atoms with E-state index in [0.717, 1.165) is 77.0 Å². The Balaban J connectivity index is 4.21. The van der Waals surface area contributed by atoms with Gasteiger partial charge < -0.3 is 19.8 Å². The highest BCUT2D eigenvalue weighted by Crippen LogP contribution is 2.43. The van der Waals surface area contributed by atoms with Gasteiger partial charge in [-0.25, -0.2) is 4.57 Å². The zero-order valence-corrected chi connectivity index (χ0v) is 48.8. The lowest BCUT2D eigenvalue weighted by molar-refractivity contribution is -0.870. The summed E-state index contributed by atoms with van der Waals surface area (Å²) >= 11 is 0. The van der Waals surface area contributed by atoms with E-state index in [-0.39, 0.29) is 19.1 Å². The second-order valence-electron chi connectivity index (χ2n) is 21.7. The van der Waals surface area contributed by atoms with E-state index in [9.17, 15) is 19.4 Å². The van der Waals surface area contributed by atoms with Crippen LogP contribution in [0.3, 0.4) is 0 Å². The molecule has 8 nitrogen and oxygen atoms in total. The second-order valence-corrected chi connectivity index (χ2v) is 23.2. The lowest BCUT2D eigenvalue weighted by atomic mass is 10.0. The van der Waals surface area contributed by atoms with Crippen LogP contribution in [0.5, 0.6) is 0 Å². The largest absolute Gasteiger partial charge is 0.472 e. The molecule has 0 aromatic heterocycles. The zero-order chi connectivity index (χ0) is 52.7. The van der Waals surface area contributed by atoms with Crippen molar-refractivity contribution in [1.82, 2.24) is 5.32 Å². The third kappa shape index (κ3) is 55.7.